The van der Waals surface area contributed by atoms with Crippen LogP contribution in [0.4, 0.5) is 0 Å². The summed E-state index contributed by atoms with van der Waals surface area (Å²) in [5.41, 5.74) is 0. The summed E-state index contributed by atoms with van der Waals surface area (Å²) in [7, 11) is 0. The highest BCUT2D eigenvalue weighted by Gasteiger charge is 2.18. The summed E-state index contributed by atoms with van der Waals surface area (Å²) in [4.78, 5) is 0. The second kappa shape index (κ2) is 10.8. The maximum atomic E-state index is 9.92. The Labute approximate surface area is 114 Å². The van der Waals surface area contributed by atoms with E-state index in [2.05, 4.69) is 12.2 Å². The van der Waals surface area contributed by atoms with Crippen LogP contribution in [-0.2, 0) is 0 Å². The average molecular weight is 255 g/mol. The highest BCUT2D eigenvalue weighted by atomic mass is 16.3. The second-order valence-corrected chi connectivity index (χ2v) is 6.01. The zero-order valence-corrected chi connectivity index (χ0v) is 12.3. The second-order valence-electron chi connectivity index (χ2n) is 6.01. The lowest BCUT2D eigenvalue weighted by molar-refractivity contribution is 0.141. The van der Waals surface area contributed by atoms with Crippen molar-refractivity contribution in [1.82, 2.24) is 5.32 Å². The van der Waals surface area contributed by atoms with E-state index in [0.717, 1.165) is 25.4 Å². The first-order valence-corrected chi connectivity index (χ1v) is 8.21. The molecule has 2 nitrogen and oxygen atoms in total. The standard InChI is InChI=1S/C16H33NO/c1-2-3-4-5-6-9-12-17-14-16(18)13-15-10-7-8-11-15/h15-18H,2-14H2,1H3. The average Bonchev–Trinajstić information content (AvgIpc) is 2.85. The molecule has 2 heteroatoms. The molecule has 0 aliphatic heterocycles. The summed E-state index contributed by atoms with van der Waals surface area (Å²) >= 11 is 0. The van der Waals surface area contributed by atoms with Crippen molar-refractivity contribution >= 4 is 0 Å². The number of hydrogen-bond acceptors (Lipinski definition) is 2. The van der Waals surface area contributed by atoms with E-state index < -0.39 is 0 Å². The molecule has 1 rings (SSSR count). The summed E-state index contributed by atoms with van der Waals surface area (Å²) in [5.74, 6) is 0.802. The van der Waals surface area contributed by atoms with Crippen molar-refractivity contribution in [1.29, 1.82) is 0 Å². The third-order valence-corrected chi connectivity index (χ3v) is 4.17. The molecule has 0 bridgehead atoms. The molecule has 0 aromatic carbocycles. The largest absolute Gasteiger partial charge is 0.392 e. The van der Waals surface area contributed by atoms with Crippen molar-refractivity contribution in [2.75, 3.05) is 13.1 Å². The molecule has 1 aliphatic rings. The van der Waals surface area contributed by atoms with Crippen molar-refractivity contribution in [3.8, 4) is 0 Å². The van der Waals surface area contributed by atoms with Gasteiger partial charge in [-0.2, -0.15) is 0 Å². The Balaban J connectivity index is 1.81. The van der Waals surface area contributed by atoms with Gasteiger partial charge in [-0.3, -0.25) is 0 Å². The van der Waals surface area contributed by atoms with E-state index in [-0.39, 0.29) is 6.10 Å². The van der Waals surface area contributed by atoms with Crippen LogP contribution in [0.3, 0.4) is 0 Å². The van der Waals surface area contributed by atoms with Crippen LogP contribution >= 0.6 is 0 Å². The summed E-state index contributed by atoms with van der Waals surface area (Å²) in [6.07, 6.45) is 14.4. The maximum absolute atomic E-state index is 9.92. The van der Waals surface area contributed by atoms with Gasteiger partial charge in [-0.15, -0.1) is 0 Å². The summed E-state index contributed by atoms with van der Waals surface area (Å²) < 4.78 is 0. The fourth-order valence-electron chi connectivity index (χ4n) is 3.01. The molecule has 0 amide bonds. The van der Waals surface area contributed by atoms with Gasteiger partial charge in [0.2, 0.25) is 0 Å². The molecule has 18 heavy (non-hydrogen) atoms. The number of nitrogens with one attached hydrogen (secondary N) is 1. The van der Waals surface area contributed by atoms with Crippen LogP contribution in [0.2, 0.25) is 0 Å². The van der Waals surface area contributed by atoms with E-state index >= 15 is 0 Å². The van der Waals surface area contributed by atoms with Crippen LogP contribution in [-0.4, -0.2) is 24.3 Å². The minimum Gasteiger partial charge on any atom is -0.392 e. The molecule has 1 unspecified atom stereocenters. The summed E-state index contributed by atoms with van der Waals surface area (Å²) in [6.45, 7) is 4.13. The van der Waals surface area contributed by atoms with Crippen LogP contribution in [0.15, 0.2) is 0 Å². The molecular weight excluding hydrogens is 222 g/mol. The Morgan fingerprint density at radius 1 is 1.06 bits per heavy atom. The van der Waals surface area contributed by atoms with Gasteiger partial charge < -0.3 is 10.4 Å². The molecule has 0 heterocycles. The maximum Gasteiger partial charge on any atom is 0.0667 e. The van der Waals surface area contributed by atoms with Crippen molar-refractivity contribution in [2.24, 2.45) is 5.92 Å². The SMILES string of the molecule is CCCCCCCCNCC(O)CC1CCCC1. The van der Waals surface area contributed by atoms with Crippen molar-refractivity contribution in [3.63, 3.8) is 0 Å². The molecule has 0 aromatic heterocycles. The van der Waals surface area contributed by atoms with Crippen LogP contribution in [0, 0.1) is 5.92 Å². The van der Waals surface area contributed by atoms with Gasteiger partial charge in [0.15, 0.2) is 0 Å². The molecule has 1 fully saturated rings. The minimum atomic E-state index is -0.117. The van der Waals surface area contributed by atoms with E-state index in [4.69, 9.17) is 0 Å². The van der Waals surface area contributed by atoms with Gasteiger partial charge in [-0.1, -0.05) is 64.7 Å². The minimum absolute atomic E-state index is 0.117. The molecule has 2 N–H and O–H groups in total. The van der Waals surface area contributed by atoms with Crippen molar-refractivity contribution in [3.05, 3.63) is 0 Å². The zero-order chi connectivity index (χ0) is 13.1. The van der Waals surface area contributed by atoms with E-state index in [1.54, 1.807) is 0 Å². The Morgan fingerprint density at radius 3 is 2.44 bits per heavy atom. The first-order chi connectivity index (χ1) is 8.83. The third kappa shape index (κ3) is 8.10. The molecule has 0 spiro atoms. The Kier molecular flexibility index (Phi) is 9.59. The van der Waals surface area contributed by atoms with Gasteiger partial charge in [0, 0.05) is 6.54 Å². The Bertz CT molecular complexity index is 178. The first kappa shape index (κ1) is 16.0. The van der Waals surface area contributed by atoms with Gasteiger partial charge in [-0.05, 0) is 25.3 Å². The van der Waals surface area contributed by atoms with E-state index in [9.17, 15) is 5.11 Å². The lowest BCUT2D eigenvalue weighted by Crippen LogP contribution is -2.28. The quantitative estimate of drug-likeness (QED) is 0.549. The van der Waals surface area contributed by atoms with Crippen LogP contribution in [0.25, 0.3) is 0 Å². The molecule has 0 radical (unpaired) electrons. The predicted octanol–water partition coefficient (Wildman–Crippen LogP) is 3.88. The van der Waals surface area contributed by atoms with Gasteiger partial charge in [0.1, 0.15) is 0 Å². The summed E-state index contributed by atoms with van der Waals surface area (Å²) in [6, 6.07) is 0. The zero-order valence-electron chi connectivity index (χ0n) is 12.3. The molecule has 0 aromatic rings. The van der Waals surface area contributed by atoms with Crippen LogP contribution in [0.5, 0.6) is 0 Å². The normalized spacial score (nSPS) is 18.3. The van der Waals surface area contributed by atoms with Gasteiger partial charge in [-0.25, -0.2) is 0 Å². The predicted molar refractivity (Wildman–Crippen MR) is 78.8 cm³/mol. The van der Waals surface area contributed by atoms with E-state index in [1.807, 2.05) is 0 Å². The first-order valence-electron chi connectivity index (χ1n) is 8.21. The molecule has 1 atom stereocenters. The summed E-state index contributed by atoms with van der Waals surface area (Å²) in [5, 5.41) is 13.3. The number of aliphatic hydroxyl groups excluding tert-OH is 1. The highest BCUT2D eigenvalue weighted by molar-refractivity contribution is 4.72. The number of aliphatic hydroxyl groups is 1. The lowest BCUT2D eigenvalue weighted by Gasteiger charge is -2.15. The monoisotopic (exact) mass is 255 g/mol. The molecule has 0 saturated heterocycles. The molecular formula is C16H33NO. The Hall–Kier alpha value is -0.0800. The van der Waals surface area contributed by atoms with E-state index in [1.165, 1.54) is 64.2 Å². The number of hydrogen-bond donors (Lipinski definition) is 2. The van der Waals surface area contributed by atoms with Crippen molar-refractivity contribution < 1.29 is 5.11 Å². The smallest absolute Gasteiger partial charge is 0.0667 e. The van der Waals surface area contributed by atoms with Gasteiger partial charge >= 0.3 is 0 Å². The van der Waals surface area contributed by atoms with Crippen LogP contribution in [0.1, 0.15) is 77.6 Å². The lowest BCUT2D eigenvalue weighted by atomic mass is 10.00. The van der Waals surface area contributed by atoms with E-state index in [0.29, 0.717) is 0 Å². The number of rotatable bonds is 11. The molecule has 108 valence electrons. The highest BCUT2D eigenvalue weighted by Crippen LogP contribution is 2.28. The number of unbranched alkanes of at least 4 members (excludes halogenated alkanes) is 5. The van der Waals surface area contributed by atoms with Crippen molar-refractivity contribution in [2.45, 2.75) is 83.7 Å². The van der Waals surface area contributed by atoms with Crippen LogP contribution < -0.4 is 5.32 Å². The Morgan fingerprint density at radius 2 is 1.72 bits per heavy atom. The third-order valence-electron chi connectivity index (χ3n) is 4.17. The molecule has 1 aliphatic carbocycles. The fraction of sp³-hybridized carbons (Fsp3) is 1.00. The fourth-order valence-corrected chi connectivity index (χ4v) is 3.01. The van der Waals surface area contributed by atoms with Gasteiger partial charge in [0.25, 0.3) is 0 Å². The van der Waals surface area contributed by atoms with Gasteiger partial charge in [0.05, 0.1) is 6.10 Å². The molecule has 1 saturated carbocycles. The topological polar surface area (TPSA) is 32.3 Å².